The van der Waals surface area contributed by atoms with Crippen molar-refractivity contribution in [2.75, 3.05) is 16.6 Å². The maximum Gasteiger partial charge on any atom is 0.242 e. The first-order valence-corrected chi connectivity index (χ1v) is 19.9. The van der Waals surface area contributed by atoms with Crippen molar-refractivity contribution in [2.24, 2.45) is 12.1 Å². The molecule has 1 aliphatic heterocycles. The van der Waals surface area contributed by atoms with Crippen molar-refractivity contribution in [1.82, 2.24) is 9.55 Å². The monoisotopic (exact) mass is 739 g/mol. The van der Waals surface area contributed by atoms with Gasteiger partial charge in [-0.3, -0.25) is 0 Å². The zero-order valence-electron chi connectivity index (χ0n) is 33.0. The largest absolute Gasteiger partial charge is 0.327 e. The summed E-state index contributed by atoms with van der Waals surface area (Å²) in [5.74, 6) is 2.13. The van der Waals surface area contributed by atoms with E-state index in [0.29, 0.717) is 6.67 Å². The highest BCUT2D eigenvalue weighted by atomic mass is 15.6. The van der Waals surface area contributed by atoms with E-state index in [9.17, 15) is 0 Å². The molecule has 5 nitrogen and oxygen atoms in total. The molecule has 2 aliphatic rings. The van der Waals surface area contributed by atoms with Gasteiger partial charge in [-0.1, -0.05) is 185 Å². The molecule has 0 amide bonds. The van der Waals surface area contributed by atoms with Crippen LogP contribution in [0.3, 0.4) is 0 Å². The molecule has 1 atom stereocenters. The van der Waals surface area contributed by atoms with Crippen molar-refractivity contribution in [3.05, 3.63) is 204 Å². The predicted molar refractivity (Wildman–Crippen MR) is 241 cm³/mol. The quantitative estimate of drug-likeness (QED) is 0.139. The third-order valence-electron chi connectivity index (χ3n) is 11.4. The summed E-state index contributed by atoms with van der Waals surface area (Å²) in [6.45, 7) is 7.30. The number of amidine groups is 1. The van der Waals surface area contributed by atoms with Crippen LogP contribution >= 0.6 is 0 Å². The Labute approximate surface area is 337 Å². The van der Waals surface area contributed by atoms with Crippen LogP contribution in [0.15, 0.2) is 181 Å². The first kappa shape index (κ1) is 36.0. The summed E-state index contributed by atoms with van der Waals surface area (Å²) in [4.78, 5) is 7.75. The predicted octanol–water partition coefficient (Wildman–Crippen LogP) is 9.44. The number of rotatable bonds is 9. The third kappa shape index (κ3) is 7.04. The number of hydrogen-bond acceptors (Lipinski definition) is 4. The van der Waals surface area contributed by atoms with Gasteiger partial charge >= 0.3 is 0 Å². The number of anilines is 2. The SMILES string of the molecule is Cc1cc(C)c(B(c2cccc(-c3nc([C@@H]4C=CC=CC4)c(-c4ccccc4)n3C)c2)c2cccc(N3CN(c4ccccc4)C(c4ccccc4)=N3)c2)c(C)c1. The van der Waals surface area contributed by atoms with Gasteiger partial charge in [0.2, 0.25) is 6.71 Å². The molecule has 1 aliphatic carbocycles. The number of para-hydroxylation sites is 1. The fourth-order valence-electron chi connectivity index (χ4n) is 8.80. The minimum atomic E-state index is -0.0179. The summed E-state index contributed by atoms with van der Waals surface area (Å²) in [7, 11) is 2.16. The van der Waals surface area contributed by atoms with E-state index in [-0.39, 0.29) is 12.6 Å². The highest BCUT2D eigenvalue weighted by Gasteiger charge is 2.30. The van der Waals surface area contributed by atoms with Gasteiger partial charge in [0.25, 0.3) is 0 Å². The van der Waals surface area contributed by atoms with Crippen LogP contribution in [0.25, 0.3) is 22.6 Å². The number of aromatic nitrogens is 2. The highest BCUT2D eigenvalue weighted by molar-refractivity contribution is 6.96. The number of hydrazone groups is 1. The van der Waals surface area contributed by atoms with Gasteiger partial charge in [-0.25, -0.2) is 9.99 Å². The van der Waals surface area contributed by atoms with E-state index in [0.717, 1.165) is 46.3 Å². The minimum absolute atomic E-state index is 0.0179. The molecule has 6 aromatic carbocycles. The van der Waals surface area contributed by atoms with Crippen LogP contribution in [-0.2, 0) is 7.05 Å². The lowest BCUT2D eigenvalue weighted by Crippen LogP contribution is -2.54. The van der Waals surface area contributed by atoms with E-state index < -0.39 is 0 Å². The summed E-state index contributed by atoms with van der Waals surface area (Å²) in [5, 5.41) is 7.41. The van der Waals surface area contributed by atoms with Gasteiger partial charge in [-0.15, -0.1) is 0 Å². The van der Waals surface area contributed by atoms with Crippen LogP contribution in [0.5, 0.6) is 0 Å². The average Bonchev–Trinajstić information content (AvgIpc) is 3.86. The molecule has 2 heterocycles. The second kappa shape index (κ2) is 15.5. The molecule has 0 saturated heterocycles. The molecule has 0 N–H and O–H groups in total. The number of hydrogen-bond donors (Lipinski definition) is 0. The van der Waals surface area contributed by atoms with E-state index >= 15 is 0 Å². The summed E-state index contributed by atoms with van der Waals surface area (Å²) in [5.41, 5.74) is 15.5. The summed E-state index contributed by atoms with van der Waals surface area (Å²) >= 11 is 0. The lowest BCUT2D eigenvalue weighted by Gasteiger charge is -2.24. The van der Waals surface area contributed by atoms with Crippen molar-refractivity contribution in [2.45, 2.75) is 33.1 Å². The average molecular weight is 740 g/mol. The normalized spacial score (nSPS) is 14.9. The molecule has 0 spiro atoms. The molecule has 0 radical (unpaired) electrons. The molecule has 278 valence electrons. The Morgan fingerprint density at radius 3 is 1.91 bits per heavy atom. The number of benzene rings is 6. The van der Waals surface area contributed by atoms with Gasteiger partial charge in [-0.05, 0) is 51.5 Å². The standard InChI is InChI=1S/C51H46BN5/c1-36-31-37(2)47(38(3)32-36)52(44-27-18-30-46(34-44)57-35-56(45-28-15-8-16-29-45)51(54-57)41-23-13-7-14-24-41)43-26-17-25-42(33-43)50-53-48(39-19-9-5-10-20-39)49(55(50)4)40-21-11-6-12-22-40/h5-19,21-34,39H,20,35H2,1-4H3/t39-/m1/s1. The molecule has 9 rings (SSSR count). The number of nitrogens with zero attached hydrogens (tertiary/aromatic N) is 5. The number of allylic oxidation sites excluding steroid dienone is 4. The summed E-state index contributed by atoms with van der Waals surface area (Å²) < 4.78 is 2.29. The van der Waals surface area contributed by atoms with Gasteiger partial charge in [-0.2, -0.15) is 5.10 Å². The van der Waals surface area contributed by atoms with E-state index in [4.69, 9.17) is 10.1 Å². The molecule has 6 heteroatoms. The van der Waals surface area contributed by atoms with Gasteiger partial charge in [0, 0.05) is 35.3 Å². The minimum Gasteiger partial charge on any atom is -0.327 e. The molecule has 0 bridgehead atoms. The Balaban J connectivity index is 1.16. The summed E-state index contributed by atoms with van der Waals surface area (Å²) in [6, 6.07) is 54.4. The van der Waals surface area contributed by atoms with E-state index in [1.807, 2.05) is 0 Å². The van der Waals surface area contributed by atoms with Crippen molar-refractivity contribution in [3.8, 4) is 22.6 Å². The van der Waals surface area contributed by atoms with Crippen molar-refractivity contribution in [1.29, 1.82) is 0 Å². The van der Waals surface area contributed by atoms with Crippen molar-refractivity contribution in [3.63, 3.8) is 0 Å². The molecule has 7 aromatic rings. The molecule has 57 heavy (non-hydrogen) atoms. The second-order valence-corrected chi connectivity index (χ2v) is 15.3. The Morgan fingerprint density at radius 1 is 0.614 bits per heavy atom. The van der Waals surface area contributed by atoms with Crippen LogP contribution in [0.1, 0.15) is 40.3 Å². The topological polar surface area (TPSA) is 36.7 Å². The highest BCUT2D eigenvalue weighted by Crippen LogP contribution is 2.36. The molecule has 0 saturated carbocycles. The lowest BCUT2D eigenvalue weighted by molar-refractivity contribution is 0.824. The lowest BCUT2D eigenvalue weighted by atomic mass is 9.35. The van der Waals surface area contributed by atoms with Crippen molar-refractivity contribution >= 4 is 40.3 Å². The van der Waals surface area contributed by atoms with Crippen LogP contribution in [0.4, 0.5) is 11.4 Å². The van der Waals surface area contributed by atoms with E-state index in [2.05, 4.69) is 218 Å². The molecule has 1 aromatic heterocycles. The van der Waals surface area contributed by atoms with Gasteiger partial charge < -0.3 is 9.47 Å². The van der Waals surface area contributed by atoms with E-state index in [1.54, 1.807) is 0 Å². The molecular weight excluding hydrogens is 693 g/mol. The van der Waals surface area contributed by atoms with Gasteiger partial charge in [0.05, 0.1) is 17.1 Å². The number of imidazole rings is 1. The Hall–Kier alpha value is -6.66. The fraction of sp³-hybridized carbons (Fsp3) is 0.137. The van der Waals surface area contributed by atoms with Crippen LogP contribution in [0.2, 0.25) is 0 Å². The molecule has 0 unspecified atom stereocenters. The Bertz CT molecular complexity index is 2620. The number of aryl methyl sites for hydroxylation is 3. The van der Waals surface area contributed by atoms with Crippen LogP contribution in [0, 0.1) is 20.8 Å². The van der Waals surface area contributed by atoms with E-state index in [1.165, 1.54) is 44.3 Å². The molecular formula is C51H46BN5. The van der Waals surface area contributed by atoms with Gasteiger partial charge in [0.15, 0.2) is 5.84 Å². The Morgan fingerprint density at radius 2 is 1.23 bits per heavy atom. The smallest absolute Gasteiger partial charge is 0.242 e. The Kier molecular flexibility index (Phi) is 9.77. The van der Waals surface area contributed by atoms with Crippen molar-refractivity contribution < 1.29 is 0 Å². The zero-order valence-corrected chi connectivity index (χ0v) is 33.0. The van der Waals surface area contributed by atoms with Crippen LogP contribution in [-0.4, -0.2) is 28.8 Å². The maximum atomic E-state index is 5.45. The third-order valence-corrected chi connectivity index (χ3v) is 11.4. The first-order chi connectivity index (χ1) is 27.9. The second-order valence-electron chi connectivity index (χ2n) is 15.3. The summed E-state index contributed by atoms with van der Waals surface area (Å²) in [6.07, 6.45) is 9.75. The molecule has 0 fully saturated rings. The van der Waals surface area contributed by atoms with Gasteiger partial charge in [0.1, 0.15) is 12.5 Å². The van der Waals surface area contributed by atoms with Crippen LogP contribution < -0.4 is 26.3 Å². The first-order valence-electron chi connectivity index (χ1n) is 19.9. The zero-order chi connectivity index (χ0) is 38.9. The maximum absolute atomic E-state index is 5.45. The fourth-order valence-corrected chi connectivity index (χ4v) is 8.80.